The maximum absolute atomic E-state index is 12.1. The zero-order valence-electron chi connectivity index (χ0n) is 11.7. The lowest BCUT2D eigenvalue weighted by atomic mass is 9.94. The molecule has 0 fully saturated rings. The van der Waals surface area contributed by atoms with Gasteiger partial charge in [0.15, 0.2) is 0 Å². The van der Waals surface area contributed by atoms with Crippen molar-refractivity contribution >= 4 is 23.1 Å². The van der Waals surface area contributed by atoms with Crippen molar-refractivity contribution in [1.29, 1.82) is 0 Å². The van der Waals surface area contributed by atoms with Crippen LogP contribution in [0, 0.1) is 11.8 Å². The first kappa shape index (κ1) is 15.6. The third-order valence-electron chi connectivity index (χ3n) is 3.03. The van der Waals surface area contributed by atoms with Gasteiger partial charge in [-0.3, -0.25) is 4.79 Å². The quantitative estimate of drug-likeness (QED) is 0.785. The molecule has 3 nitrogen and oxygen atoms in total. The highest BCUT2D eigenvalue weighted by atomic mass is 32.1. The number of hydrogen-bond acceptors (Lipinski definition) is 2. The second-order valence-electron chi connectivity index (χ2n) is 5.22. The van der Waals surface area contributed by atoms with Crippen LogP contribution in [0.5, 0.6) is 0 Å². The van der Waals surface area contributed by atoms with E-state index in [0.717, 1.165) is 6.42 Å². The van der Waals surface area contributed by atoms with Crippen LogP contribution < -0.4 is 11.1 Å². The number of rotatable bonds is 6. The van der Waals surface area contributed by atoms with Gasteiger partial charge in [-0.2, -0.15) is 0 Å². The second kappa shape index (κ2) is 7.24. The fourth-order valence-corrected chi connectivity index (χ4v) is 2.49. The van der Waals surface area contributed by atoms with Crippen molar-refractivity contribution in [3.63, 3.8) is 0 Å². The van der Waals surface area contributed by atoms with Gasteiger partial charge in [0.05, 0.1) is 10.9 Å². The van der Waals surface area contributed by atoms with E-state index in [0.29, 0.717) is 0 Å². The number of benzene rings is 1. The summed E-state index contributed by atoms with van der Waals surface area (Å²) in [7, 11) is 0. The molecule has 1 amide bonds. The number of thiocarbonyl (C=S) groups is 1. The molecule has 104 valence electrons. The van der Waals surface area contributed by atoms with Crippen LogP contribution in [0.15, 0.2) is 30.3 Å². The largest absolute Gasteiger partial charge is 0.393 e. The SMILES string of the molecule is CC(Cc1ccccc1)NC(=O)C(C(N)=S)C(C)C. The maximum atomic E-state index is 12.1. The van der Waals surface area contributed by atoms with Crippen molar-refractivity contribution in [1.82, 2.24) is 5.32 Å². The minimum absolute atomic E-state index is 0.0606. The molecule has 1 rings (SSSR count). The van der Waals surface area contributed by atoms with Crippen LogP contribution in [0.25, 0.3) is 0 Å². The molecule has 0 saturated heterocycles. The summed E-state index contributed by atoms with van der Waals surface area (Å²) in [5.41, 5.74) is 6.84. The highest BCUT2D eigenvalue weighted by Crippen LogP contribution is 2.12. The van der Waals surface area contributed by atoms with Gasteiger partial charge in [0.1, 0.15) is 0 Å². The van der Waals surface area contributed by atoms with E-state index in [1.165, 1.54) is 5.56 Å². The van der Waals surface area contributed by atoms with E-state index in [-0.39, 0.29) is 22.9 Å². The molecule has 0 aliphatic rings. The number of hydrogen-bond donors (Lipinski definition) is 2. The fourth-order valence-electron chi connectivity index (χ4n) is 2.11. The summed E-state index contributed by atoms with van der Waals surface area (Å²) in [4.78, 5) is 12.4. The zero-order valence-corrected chi connectivity index (χ0v) is 12.5. The van der Waals surface area contributed by atoms with Gasteiger partial charge in [-0.25, -0.2) is 0 Å². The lowest BCUT2D eigenvalue weighted by molar-refractivity contribution is -0.124. The van der Waals surface area contributed by atoms with Crippen LogP contribution in [-0.2, 0) is 11.2 Å². The molecule has 4 heteroatoms. The van der Waals surface area contributed by atoms with Crippen molar-refractivity contribution < 1.29 is 4.79 Å². The maximum Gasteiger partial charge on any atom is 0.230 e. The van der Waals surface area contributed by atoms with E-state index in [9.17, 15) is 4.79 Å². The number of nitrogens with two attached hydrogens (primary N) is 1. The molecule has 2 unspecified atom stereocenters. The van der Waals surface area contributed by atoms with E-state index in [1.54, 1.807) is 0 Å². The number of carbonyl (C=O) groups excluding carboxylic acids is 1. The summed E-state index contributed by atoms with van der Waals surface area (Å²) in [6, 6.07) is 10.1. The molecule has 0 saturated carbocycles. The molecular weight excluding hydrogens is 256 g/mol. The highest BCUT2D eigenvalue weighted by molar-refractivity contribution is 7.80. The van der Waals surface area contributed by atoms with Crippen LogP contribution >= 0.6 is 12.2 Å². The molecule has 0 heterocycles. The number of carbonyl (C=O) groups is 1. The summed E-state index contributed by atoms with van der Waals surface area (Å²) in [6.45, 7) is 5.89. The first-order valence-electron chi connectivity index (χ1n) is 6.55. The zero-order chi connectivity index (χ0) is 14.4. The van der Waals surface area contributed by atoms with Crippen molar-refractivity contribution in [2.45, 2.75) is 33.2 Å². The first-order valence-corrected chi connectivity index (χ1v) is 6.96. The Morgan fingerprint density at radius 2 is 1.84 bits per heavy atom. The molecule has 2 atom stereocenters. The molecule has 1 aromatic rings. The van der Waals surface area contributed by atoms with Crippen LogP contribution in [0.1, 0.15) is 26.3 Å². The molecule has 0 aliphatic heterocycles. The average molecular weight is 278 g/mol. The predicted octanol–water partition coefficient (Wildman–Crippen LogP) is 2.29. The normalized spacial score (nSPS) is 13.9. The summed E-state index contributed by atoms with van der Waals surface area (Å²) >= 11 is 4.97. The van der Waals surface area contributed by atoms with Crippen LogP contribution in [0.3, 0.4) is 0 Å². The third-order valence-corrected chi connectivity index (χ3v) is 3.28. The summed E-state index contributed by atoms with van der Waals surface area (Å²) in [5, 5.41) is 2.98. The smallest absolute Gasteiger partial charge is 0.230 e. The van der Waals surface area contributed by atoms with Crippen molar-refractivity contribution in [2.75, 3.05) is 0 Å². The van der Waals surface area contributed by atoms with E-state index in [2.05, 4.69) is 17.4 Å². The summed E-state index contributed by atoms with van der Waals surface area (Å²) in [5.74, 6) is -0.361. The summed E-state index contributed by atoms with van der Waals surface area (Å²) in [6.07, 6.45) is 0.800. The van der Waals surface area contributed by atoms with E-state index < -0.39 is 5.92 Å². The molecule has 0 aliphatic carbocycles. The molecule has 0 bridgehead atoms. The van der Waals surface area contributed by atoms with Crippen molar-refractivity contribution in [2.24, 2.45) is 17.6 Å². The van der Waals surface area contributed by atoms with Gasteiger partial charge in [0, 0.05) is 6.04 Å². The van der Waals surface area contributed by atoms with Gasteiger partial charge in [0.2, 0.25) is 5.91 Å². The van der Waals surface area contributed by atoms with Crippen molar-refractivity contribution in [3.05, 3.63) is 35.9 Å². The van der Waals surface area contributed by atoms with Gasteiger partial charge in [-0.05, 0) is 24.8 Å². The second-order valence-corrected chi connectivity index (χ2v) is 5.69. The fraction of sp³-hybridized carbons (Fsp3) is 0.467. The minimum atomic E-state index is -0.395. The Bertz CT molecular complexity index is 431. The van der Waals surface area contributed by atoms with Gasteiger partial charge in [-0.15, -0.1) is 0 Å². The highest BCUT2D eigenvalue weighted by Gasteiger charge is 2.25. The van der Waals surface area contributed by atoms with E-state index in [4.69, 9.17) is 18.0 Å². The lowest BCUT2D eigenvalue weighted by Crippen LogP contribution is -2.44. The Morgan fingerprint density at radius 3 is 2.32 bits per heavy atom. The molecule has 1 aromatic carbocycles. The Balaban J connectivity index is 2.58. The van der Waals surface area contributed by atoms with Gasteiger partial charge in [-0.1, -0.05) is 56.4 Å². The van der Waals surface area contributed by atoms with Crippen LogP contribution in [0.4, 0.5) is 0 Å². The monoisotopic (exact) mass is 278 g/mol. The predicted molar refractivity (Wildman–Crippen MR) is 82.9 cm³/mol. The molecule has 0 spiro atoms. The van der Waals surface area contributed by atoms with E-state index in [1.807, 2.05) is 39.0 Å². The lowest BCUT2D eigenvalue weighted by Gasteiger charge is -2.22. The number of amides is 1. The van der Waals surface area contributed by atoms with Gasteiger partial charge < -0.3 is 11.1 Å². The topological polar surface area (TPSA) is 55.1 Å². The Hall–Kier alpha value is -1.42. The van der Waals surface area contributed by atoms with Crippen LogP contribution in [0.2, 0.25) is 0 Å². The van der Waals surface area contributed by atoms with Gasteiger partial charge in [0.25, 0.3) is 0 Å². The third kappa shape index (κ3) is 4.99. The Labute approximate surface area is 120 Å². The van der Waals surface area contributed by atoms with Gasteiger partial charge >= 0.3 is 0 Å². The Morgan fingerprint density at radius 1 is 1.26 bits per heavy atom. The molecule has 0 radical (unpaired) electrons. The average Bonchev–Trinajstić information content (AvgIpc) is 2.28. The molecule has 3 N–H and O–H groups in total. The van der Waals surface area contributed by atoms with E-state index >= 15 is 0 Å². The molecular formula is C15H22N2OS. The van der Waals surface area contributed by atoms with Crippen LogP contribution in [-0.4, -0.2) is 16.9 Å². The first-order chi connectivity index (χ1) is 8.91. The standard InChI is InChI=1S/C15H22N2OS/c1-10(2)13(14(16)19)15(18)17-11(3)9-12-7-5-4-6-8-12/h4-8,10-11,13H,9H2,1-3H3,(H2,16,19)(H,17,18). The number of nitrogens with one attached hydrogen (secondary N) is 1. The summed E-state index contributed by atoms with van der Waals surface area (Å²) < 4.78 is 0. The molecule has 19 heavy (non-hydrogen) atoms. The minimum Gasteiger partial charge on any atom is -0.393 e. The Kier molecular flexibility index (Phi) is 5.96. The molecule has 0 aromatic heterocycles. The van der Waals surface area contributed by atoms with Crippen molar-refractivity contribution in [3.8, 4) is 0 Å².